The largest absolute Gasteiger partial charge is 0.495 e. The number of hydrogen-bond acceptors (Lipinski definition) is 17. The Kier molecular flexibility index (Phi) is 33.5. The van der Waals surface area contributed by atoms with E-state index in [2.05, 4.69) is 16.0 Å². The number of carboxylic acids is 1. The van der Waals surface area contributed by atoms with E-state index >= 15 is 0 Å². The summed E-state index contributed by atoms with van der Waals surface area (Å²) >= 11 is 6.38. The molecule has 8 atom stereocenters. The van der Waals surface area contributed by atoms with Crippen molar-refractivity contribution in [3.05, 3.63) is 76.3 Å². The standard InChI is InChI=1S/C64H95ClN4O18/c1-40(2)35-55-62(79)86-53(13-12-14-56(72)68-51(37-46-18-22-54(82-11)50(65)36-46)61(78)66-39-64(8,9)63(80)87-55)43(6)59(76)42(5)47-19-15-45(16-20-47)17-21-52(71)44(7)67-60(77)49(41(3)4)38-48(70)23-26-69(27-24-58(74)75)57(73)25-28-83-31-32-85-34-33-84-30-29-81-10/h12,14-16,18-20,22,36,40-44,49,51,53,55,59,76H,13,17,21,23-35,37-39H2,1-11H3,(H,66,78)(H,67,77)(H,68,72)(H,74,75)/b14-12+/t42-,43+,44+,49+,51+,53+,55+,59+/m1/s1. The van der Waals surface area contributed by atoms with Crippen molar-refractivity contribution in [3.8, 4) is 5.75 Å². The lowest BCUT2D eigenvalue weighted by Crippen LogP contribution is -2.51. The number of nitrogens with one attached hydrogen (secondary N) is 3. The molecule has 23 heteroatoms. The Labute approximate surface area is 517 Å². The van der Waals surface area contributed by atoms with Crippen LogP contribution in [0.3, 0.4) is 0 Å². The van der Waals surface area contributed by atoms with Crippen LogP contribution in [0.15, 0.2) is 54.6 Å². The van der Waals surface area contributed by atoms with Crippen molar-refractivity contribution in [1.82, 2.24) is 20.9 Å². The fraction of sp³-hybridized carbons (Fsp3) is 0.641. The molecule has 0 saturated heterocycles. The van der Waals surface area contributed by atoms with Crippen LogP contribution in [0.1, 0.15) is 130 Å². The number of rotatable bonds is 36. The number of aryl methyl sites for hydroxylation is 1. The van der Waals surface area contributed by atoms with Crippen molar-refractivity contribution in [2.45, 2.75) is 156 Å². The summed E-state index contributed by atoms with van der Waals surface area (Å²) < 4.78 is 38.4. The van der Waals surface area contributed by atoms with Gasteiger partial charge in [-0.2, -0.15) is 0 Å². The second-order valence-electron chi connectivity index (χ2n) is 23.5. The minimum absolute atomic E-state index is 0.0303. The third kappa shape index (κ3) is 27.3. The molecule has 22 nitrogen and oxygen atoms in total. The lowest BCUT2D eigenvalue weighted by molar-refractivity contribution is -0.180. The zero-order valence-electron chi connectivity index (χ0n) is 52.7. The number of aliphatic hydroxyl groups is 1. The maximum absolute atomic E-state index is 14.0. The number of methoxy groups -OCH3 is 2. The highest BCUT2D eigenvalue weighted by Crippen LogP contribution is 2.31. The highest BCUT2D eigenvalue weighted by atomic mass is 35.5. The number of esters is 2. The van der Waals surface area contributed by atoms with Gasteiger partial charge in [-0.25, -0.2) is 4.79 Å². The van der Waals surface area contributed by atoms with E-state index in [0.29, 0.717) is 55.8 Å². The number of ketones is 2. The topological polar surface area (TPSA) is 298 Å². The van der Waals surface area contributed by atoms with E-state index in [-0.39, 0.29) is 114 Å². The molecule has 0 aliphatic carbocycles. The monoisotopic (exact) mass is 1240 g/mol. The number of ether oxygens (including phenoxy) is 7. The number of Topliss-reactive ketones (excluding diaryl/α,β-unsaturated/α-hetero) is 2. The third-order valence-electron chi connectivity index (χ3n) is 15.1. The molecule has 0 unspecified atom stereocenters. The van der Waals surface area contributed by atoms with Crippen LogP contribution < -0.4 is 20.7 Å². The van der Waals surface area contributed by atoms with Gasteiger partial charge in [-0.15, -0.1) is 0 Å². The first-order valence-electron chi connectivity index (χ1n) is 30.0. The van der Waals surface area contributed by atoms with Gasteiger partial charge >= 0.3 is 17.9 Å². The molecule has 1 aliphatic heterocycles. The molecule has 0 aromatic heterocycles. The Hall–Kier alpha value is -6.30. The smallest absolute Gasteiger partial charge is 0.347 e. The number of carbonyl (C=O) groups is 9. The van der Waals surface area contributed by atoms with Crippen LogP contribution in [0.4, 0.5) is 0 Å². The van der Waals surface area contributed by atoms with Crippen LogP contribution in [0.25, 0.3) is 0 Å². The van der Waals surface area contributed by atoms with E-state index < -0.39 is 89.2 Å². The number of cyclic esters (lactones) is 2. The van der Waals surface area contributed by atoms with Crippen LogP contribution in [0, 0.1) is 29.1 Å². The molecule has 87 heavy (non-hydrogen) atoms. The highest BCUT2D eigenvalue weighted by molar-refractivity contribution is 6.32. The van der Waals surface area contributed by atoms with Gasteiger partial charge in [-0.1, -0.05) is 89.6 Å². The molecule has 4 amide bonds. The molecule has 2 aromatic rings. The summed E-state index contributed by atoms with van der Waals surface area (Å²) in [6, 6.07) is 10.4. The normalized spacial score (nSPS) is 18.9. The Morgan fingerprint density at radius 1 is 0.805 bits per heavy atom. The molecule has 0 saturated carbocycles. The van der Waals surface area contributed by atoms with Gasteiger partial charge in [0, 0.05) is 76.6 Å². The molecule has 486 valence electrons. The van der Waals surface area contributed by atoms with E-state index in [1.165, 1.54) is 24.2 Å². The summed E-state index contributed by atoms with van der Waals surface area (Å²) in [4.78, 5) is 121. The predicted octanol–water partition coefficient (Wildman–Crippen LogP) is 6.17. The van der Waals surface area contributed by atoms with Gasteiger partial charge in [-0.3, -0.25) is 38.4 Å². The zero-order chi connectivity index (χ0) is 64.8. The minimum Gasteiger partial charge on any atom is -0.495 e. The molecule has 0 fully saturated rings. The lowest BCUT2D eigenvalue weighted by atomic mass is 9.84. The molecule has 0 spiro atoms. The second kappa shape index (κ2) is 38.9. The second-order valence-corrected chi connectivity index (χ2v) is 23.9. The molecule has 3 rings (SSSR count). The number of amides is 4. The van der Waals surface area contributed by atoms with Crippen LogP contribution >= 0.6 is 11.6 Å². The molecular weight excluding hydrogens is 1150 g/mol. The van der Waals surface area contributed by atoms with Crippen molar-refractivity contribution in [2.24, 2.45) is 29.1 Å². The number of halogens is 1. The van der Waals surface area contributed by atoms with Gasteiger partial charge in [0.05, 0.1) is 88.8 Å². The fourth-order valence-electron chi connectivity index (χ4n) is 9.40. The quantitative estimate of drug-likeness (QED) is 0.0377. The maximum atomic E-state index is 14.0. The van der Waals surface area contributed by atoms with Crippen LogP contribution in [-0.4, -0.2) is 179 Å². The Morgan fingerprint density at radius 2 is 1.43 bits per heavy atom. The molecule has 5 N–H and O–H groups in total. The van der Waals surface area contributed by atoms with Crippen LogP contribution in [-0.2, 0) is 84.4 Å². The van der Waals surface area contributed by atoms with Crippen LogP contribution in [0.5, 0.6) is 5.75 Å². The minimum atomic E-state index is -1.32. The van der Waals surface area contributed by atoms with Crippen molar-refractivity contribution < 1.29 is 86.5 Å². The lowest BCUT2D eigenvalue weighted by Gasteiger charge is -2.33. The van der Waals surface area contributed by atoms with Gasteiger partial charge in [0.15, 0.2) is 11.9 Å². The number of benzene rings is 2. The molecule has 2 aromatic carbocycles. The van der Waals surface area contributed by atoms with E-state index in [9.17, 15) is 53.4 Å². The van der Waals surface area contributed by atoms with E-state index in [1.54, 1.807) is 66.9 Å². The first-order chi connectivity index (χ1) is 41.2. The summed E-state index contributed by atoms with van der Waals surface area (Å²) in [5.74, 6) is -7.21. The van der Waals surface area contributed by atoms with E-state index in [4.69, 9.17) is 44.8 Å². The van der Waals surface area contributed by atoms with Gasteiger partial charge in [-0.05, 0) is 80.3 Å². The Morgan fingerprint density at radius 3 is 2.02 bits per heavy atom. The number of nitrogens with zero attached hydrogens (tertiary/aromatic N) is 1. The van der Waals surface area contributed by atoms with Crippen molar-refractivity contribution in [1.29, 1.82) is 0 Å². The average Bonchev–Trinajstić information content (AvgIpc) is 3.44. The van der Waals surface area contributed by atoms with Gasteiger partial charge in [0.2, 0.25) is 23.6 Å². The first-order valence-corrected chi connectivity index (χ1v) is 30.4. The van der Waals surface area contributed by atoms with E-state index in [1.807, 2.05) is 45.0 Å². The highest BCUT2D eigenvalue weighted by Gasteiger charge is 2.39. The van der Waals surface area contributed by atoms with E-state index in [0.717, 1.165) is 11.1 Å². The van der Waals surface area contributed by atoms with Crippen molar-refractivity contribution in [2.75, 3.05) is 80.1 Å². The number of hydrogen-bond donors (Lipinski definition) is 5. The fourth-order valence-corrected chi connectivity index (χ4v) is 9.68. The number of carbonyl (C=O) groups excluding carboxylic acids is 8. The van der Waals surface area contributed by atoms with Crippen LogP contribution in [0.2, 0.25) is 5.02 Å². The predicted molar refractivity (Wildman–Crippen MR) is 325 cm³/mol. The average molecular weight is 1240 g/mol. The number of aliphatic carboxylic acids is 1. The molecule has 0 radical (unpaired) electrons. The molecule has 1 heterocycles. The molecule has 1 aliphatic rings. The Bertz CT molecular complexity index is 2580. The van der Waals surface area contributed by atoms with Gasteiger partial charge in [0.25, 0.3) is 0 Å². The molecular formula is C64H95ClN4O18. The summed E-state index contributed by atoms with van der Waals surface area (Å²) in [5.41, 5.74) is 0.865. The third-order valence-corrected chi connectivity index (χ3v) is 15.4. The zero-order valence-corrected chi connectivity index (χ0v) is 53.4. The van der Waals surface area contributed by atoms with Gasteiger partial charge in [0.1, 0.15) is 23.7 Å². The first kappa shape index (κ1) is 75.0. The van der Waals surface area contributed by atoms with Gasteiger partial charge < -0.3 is 64.2 Å². The van der Waals surface area contributed by atoms with Crippen molar-refractivity contribution >= 4 is 64.7 Å². The molecule has 0 bridgehead atoms. The summed E-state index contributed by atoms with van der Waals surface area (Å²) in [5, 5.41) is 29.8. The summed E-state index contributed by atoms with van der Waals surface area (Å²) in [6.45, 7) is 17.6. The van der Waals surface area contributed by atoms with Crippen molar-refractivity contribution in [3.63, 3.8) is 0 Å². The summed E-state index contributed by atoms with van der Waals surface area (Å²) in [6.07, 6.45) is -0.749. The Balaban J connectivity index is 1.64. The summed E-state index contributed by atoms with van der Waals surface area (Å²) in [7, 11) is 3.06. The SMILES string of the molecule is COCCOCCOCCOCCC(=O)N(CCC(=O)O)CCC(=O)C[C@H](C(=O)N[C@@H](C)C(=O)CCc1ccc([C@@H](C)[C@H](O)[C@@H](C)[C@@H]2C/C=C/C(=O)N[C@@H](Cc3ccc(OC)c(Cl)c3)C(=O)NCC(C)(C)C(=O)O[C@@H](CC(C)C)C(=O)O2)cc1)C(C)C. The maximum Gasteiger partial charge on any atom is 0.347 e. The number of carboxylic acid groups (broad SMARTS) is 1. The number of aliphatic hydroxyl groups excluding tert-OH is 1.